The second kappa shape index (κ2) is 13.9. The summed E-state index contributed by atoms with van der Waals surface area (Å²) in [6.45, 7) is -0.474. The predicted octanol–water partition coefficient (Wildman–Crippen LogP) is 2.34. The van der Waals surface area contributed by atoms with Crippen LogP contribution in [0.5, 0.6) is 0 Å². The number of hydrogen-bond acceptors (Lipinski definition) is 9. The molecule has 2 aromatic rings. The van der Waals surface area contributed by atoms with E-state index < -0.39 is 45.2 Å². The molecule has 0 aromatic heterocycles. The zero-order chi connectivity index (χ0) is 25.7. The van der Waals surface area contributed by atoms with Crippen molar-refractivity contribution in [3.63, 3.8) is 0 Å². The molecule has 0 unspecified atom stereocenters. The lowest BCUT2D eigenvalue weighted by Crippen LogP contribution is -2.35. The van der Waals surface area contributed by atoms with Crippen molar-refractivity contribution in [3.05, 3.63) is 71.8 Å². The van der Waals surface area contributed by atoms with Gasteiger partial charge >= 0.3 is 25.7 Å². The van der Waals surface area contributed by atoms with E-state index in [1.165, 1.54) is 7.05 Å². The molecule has 0 aliphatic heterocycles. The molecule has 0 bridgehead atoms. The minimum absolute atomic E-state index is 0.0486. The van der Waals surface area contributed by atoms with Crippen molar-refractivity contribution in [3.8, 4) is 0 Å². The highest BCUT2D eigenvalue weighted by molar-refractivity contribution is 7.52. The minimum atomic E-state index is -4.47. The number of nitrogens with zero attached hydrogens (tertiary/aromatic N) is 2. The quantitative estimate of drug-likeness (QED) is 0.119. The Balaban J connectivity index is 1.97. The number of benzene rings is 2. The van der Waals surface area contributed by atoms with Gasteiger partial charge in [0.2, 0.25) is 19.5 Å². The van der Waals surface area contributed by atoms with E-state index in [1.807, 2.05) is 0 Å². The Morgan fingerprint density at radius 2 is 1.29 bits per heavy atom. The third kappa shape index (κ3) is 10.8. The number of guanidine groups is 1. The molecule has 13 heteroatoms. The molecule has 0 atom stereocenters. The summed E-state index contributed by atoms with van der Waals surface area (Å²) in [6, 6.07) is 17.6. The van der Waals surface area contributed by atoms with Crippen molar-refractivity contribution in [2.75, 3.05) is 20.6 Å². The highest BCUT2D eigenvalue weighted by Crippen LogP contribution is 2.50. The first-order valence-corrected chi connectivity index (χ1v) is 11.7. The maximum Gasteiger partial charge on any atom is 0.462 e. The molecule has 0 saturated carbocycles. The summed E-state index contributed by atoms with van der Waals surface area (Å²) in [6.07, 6.45) is -0.0971. The standard InChI is InChI=1S/C22H26N3O9P/c1-17(26)34-25(2)22(23)24-35(29,32-15-30-20(27)13-18-9-5-3-6-10-18)33-16-31-21(28)14-19-11-7-4-8-12-19/h3-12H,13-16H2,1-2H3,(H2,23,24,29). The highest BCUT2D eigenvalue weighted by atomic mass is 31.2. The second-order valence-electron chi connectivity index (χ2n) is 6.86. The molecule has 0 radical (unpaired) electrons. The molecule has 188 valence electrons. The predicted molar refractivity (Wildman–Crippen MR) is 123 cm³/mol. The summed E-state index contributed by atoms with van der Waals surface area (Å²) < 4.78 is 36.5. The zero-order valence-electron chi connectivity index (χ0n) is 19.2. The molecule has 0 heterocycles. The Kier molecular flexibility index (Phi) is 10.9. The van der Waals surface area contributed by atoms with Gasteiger partial charge < -0.3 is 20.0 Å². The van der Waals surface area contributed by atoms with Crippen molar-refractivity contribution in [1.82, 2.24) is 5.06 Å². The minimum Gasteiger partial charge on any atom is -0.438 e. The number of ether oxygens (including phenoxy) is 2. The Morgan fingerprint density at radius 3 is 1.69 bits per heavy atom. The lowest BCUT2D eigenvalue weighted by Gasteiger charge is -2.19. The lowest BCUT2D eigenvalue weighted by molar-refractivity contribution is -0.166. The fourth-order valence-corrected chi connectivity index (χ4v) is 3.41. The zero-order valence-corrected chi connectivity index (χ0v) is 20.1. The molecule has 12 nitrogen and oxygen atoms in total. The first-order chi connectivity index (χ1) is 16.7. The smallest absolute Gasteiger partial charge is 0.438 e. The van der Waals surface area contributed by atoms with E-state index >= 15 is 0 Å². The molecule has 0 fully saturated rings. The fourth-order valence-electron chi connectivity index (χ4n) is 2.47. The van der Waals surface area contributed by atoms with E-state index in [4.69, 9.17) is 29.1 Å². The van der Waals surface area contributed by atoms with Crippen LogP contribution in [0.1, 0.15) is 18.1 Å². The summed E-state index contributed by atoms with van der Waals surface area (Å²) in [7, 11) is -3.25. The SMILES string of the molecule is CC(=O)ON(C)C(N)=NP(=O)(OCOC(=O)Cc1ccccc1)OCOC(=O)Cc1ccccc1. The molecular formula is C22H26N3O9P. The highest BCUT2D eigenvalue weighted by Gasteiger charge is 2.28. The van der Waals surface area contributed by atoms with Gasteiger partial charge in [0.25, 0.3) is 0 Å². The molecule has 0 aliphatic carbocycles. The summed E-state index contributed by atoms with van der Waals surface area (Å²) in [5.41, 5.74) is 7.07. The molecule has 2 N–H and O–H groups in total. The molecule has 0 saturated heterocycles. The van der Waals surface area contributed by atoms with Crippen molar-refractivity contribution in [2.24, 2.45) is 10.5 Å². The second-order valence-corrected chi connectivity index (χ2v) is 8.51. The molecular weight excluding hydrogens is 481 g/mol. The van der Waals surface area contributed by atoms with Crippen LogP contribution in [0.2, 0.25) is 0 Å². The van der Waals surface area contributed by atoms with E-state index in [9.17, 15) is 18.9 Å². The van der Waals surface area contributed by atoms with E-state index in [2.05, 4.69) is 4.76 Å². The third-order valence-corrected chi connectivity index (χ3v) is 5.38. The van der Waals surface area contributed by atoms with Crippen LogP contribution in [0.3, 0.4) is 0 Å². The number of esters is 2. The maximum atomic E-state index is 13.0. The van der Waals surface area contributed by atoms with Crippen LogP contribution in [-0.4, -0.2) is 49.6 Å². The van der Waals surface area contributed by atoms with Crippen LogP contribution in [0.25, 0.3) is 0 Å². The third-order valence-electron chi connectivity index (χ3n) is 4.07. The number of rotatable bonds is 11. The Bertz CT molecular complexity index is 1000. The largest absolute Gasteiger partial charge is 0.462 e. The fraction of sp³-hybridized carbons (Fsp3) is 0.273. The Morgan fingerprint density at radius 1 is 0.857 bits per heavy atom. The van der Waals surface area contributed by atoms with Gasteiger partial charge in [0.15, 0.2) is 0 Å². The van der Waals surface area contributed by atoms with Crippen LogP contribution in [0, 0.1) is 0 Å². The molecule has 0 spiro atoms. The van der Waals surface area contributed by atoms with Gasteiger partial charge in [0.1, 0.15) is 0 Å². The van der Waals surface area contributed by atoms with E-state index in [-0.39, 0.29) is 12.8 Å². The Hall–Kier alpha value is -3.73. The van der Waals surface area contributed by atoms with Crippen molar-refractivity contribution >= 4 is 31.6 Å². The topological polar surface area (TPSA) is 156 Å². The van der Waals surface area contributed by atoms with Crippen molar-refractivity contribution in [2.45, 2.75) is 19.8 Å². The number of nitrogens with two attached hydrogens (primary N) is 1. The van der Waals surface area contributed by atoms with Gasteiger partial charge in [-0.2, -0.15) is 5.06 Å². The number of hydroxylamine groups is 2. The van der Waals surface area contributed by atoms with Crippen LogP contribution in [0.15, 0.2) is 65.4 Å². The maximum absolute atomic E-state index is 13.0. The normalized spacial score (nSPS) is 11.4. The van der Waals surface area contributed by atoms with E-state index in [0.29, 0.717) is 11.1 Å². The summed E-state index contributed by atoms with van der Waals surface area (Å²) in [5, 5.41) is 0.727. The first kappa shape index (κ1) is 27.5. The summed E-state index contributed by atoms with van der Waals surface area (Å²) in [4.78, 5) is 39.8. The average molecular weight is 507 g/mol. The summed E-state index contributed by atoms with van der Waals surface area (Å²) in [5.74, 6) is -2.58. The van der Waals surface area contributed by atoms with Crippen LogP contribution >= 0.6 is 7.75 Å². The van der Waals surface area contributed by atoms with Gasteiger partial charge in [-0.15, -0.1) is 4.76 Å². The number of carbonyl (C=O) groups is 3. The van der Waals surface area contributed by atoms with Crippen LogP contribution in [-0.2, 0) is 55.1 Å². The van der Waals surface area contributed by atoms with E-state index in [0.717, 1.165) is 12.0 Å². The number of carbonyl (C=O) groups excluding carboxylic acids is 3. The average Bonchev–Trinajstić information content (AvgIpc) is 2.80. The van der Waals surface area contributed by atoms with Gasteiger partial charge in [-0.05, 0) is 11.1 Å². The molecule has 35 heavy (non-hydrogen) atoms. The molecule has 0 amide bonds. The van der Waals surface area contributed by atoms with Gasteiger partial charge in [-0.3, -0.25) is 23.4 Å². The molecule has 2 rings (SSSR count). The van der Waals surface area contributed by atoms with Gasteiger partial charge in [0.05, 0.1) is 12.8 Å². The molecule has 0 aliphatic rings. The van der Waals surface area contributed by atoms with Crippen LogP contribution < -0.4 is 5.73 Å². The van der Waals surface area contributed by atoms with E-state index in [1.54, 1.807) is 60.7 Å². The molecule has 2 aromatic carbocycles. The van der Waals surface area contributed by atoms with Gasteiger partial charge in [-0.1, -0.05) is 60.7 Å². The first-order valence-electron chi connectivity index (χ1n) is 10.2. The monoisotopic (exact) mass is 507 g/mol. The van der Waals surface area contributed by atoms with Gasteiger partial charge in [0, 0.05) is 14.0 Å². The van der Waals surface area contributed by atoms with Gasteiger partial charge in [-0.25, -0.2) is 4.57 Å². The lowest BCUT2D eigenvalue weighted by atomic mass is 10.2. The Labute approximate surface area is 202 Å². The van der Waals surface area contributed by atoms with Crippen molar-refractivity contribution in [1.29, 1.82) is 0 Å². The summed E-state index contributed by atoms with van der Waals surface area (Å²) >= 11 is 0. The van der Waals surface area contributed by atoms with Crippen molar-refractivity contribution < 1.29 is 42.3 Å². The van der Waals surface area contributed by atoms with Crippen LogP contribution in [0.4, 0.5) is 0 Å². The number of hydrogen-bond donors (Lipinski definition) is 1.